The second-order valence-electron chi connectivity index (χ2n) is 10.7. The molecule has 0 unspecified atom stereocenters. The molecule has 0 bridgehead atoms. The Morgan fingerprint density at radius 2 is 1.04 bits per heavy atom. The summed E-state index contributed by atoms with van der Waals surface area (Å²) in [6.07, 6.45) is 0. The highest BCUT2D eigenvalue weighted by atomic mass is 15.1. The first-order valence-corrected chi connectivity index (χ1v) is 14.4. The molecule has 1 heterocycles. The van der Waals surface area contributed by atoms with Gasteiger partial charge in [-0.3, -0.25) is 4.57 Å². The Morgan fingerprint density at radius 3 is 1.78 bits per heavy atom. The average molecular weight is 585 g/mol. The van der Waals surface area contributed by atoms with E-state index in [9.17, 15) is 1.37 Å². The molecule has 8 aromatic carbocycles. The molecule has 0 radical (unpaired) electrons. The van der Waals surface area contributed by atoms with E-state index in [1.165, 1.54) is 0 Å². The lowest BCUT2D eigenvalue weighted by atomic mass is 9.84. The fourth-order valence-corrected chi connectivity index (χ4v) is 6.30. The Morgan fingerprint density at radius 1 is 0.467 bits per heavy atom. The molecule has 0 aliphatic heterocycles. The van der Waals surface area contributed by atoms with Crippen molar-refractivity contribution >= 4 is 43.4 Å². The fraction of sp³-hybridized carbons (Fsp3) is 0. The van der Waals surface area contributed by atoms with Crippen molar-refractivity contribution in [1.29, 1.82) is 0 Å². The number of imidazole rings is 1. The van der Waals surface area contributed by atoms with Crippen LogP contribution in [0.1, 0.15) is 16.4 Å². The molecule has 0 aliphatic carbocycles. The monoisotopic (exact) mass is 584 g/mol. The first kappa shape index (κ1) is 16.2. The SMILES string of the molecule is [2H]c1c([2H])c([2H])c(-n2c(-c3ccc(-c4c5ccccc5c(-c5c([2H])c([2H])c([2H])c6c([2H])c([2H])c([2H])c([2H])c56)c5ccccc45)cc3)nc3ccccc32)c([2H])c1[2H]. The Balaban J connectivity index is 1.31. The van der Waals surface area contributed by atoms with Crippen LogP contribution in [0.15, 0.2) is 170 Å². The maximum Gasteiger partial charge on any atom is 0.145 e. The van der Waals surface area contributed by atoms with Crippen LogP contribution < -0.4 is 0 Å². The van der Waals surface area contributed by atoms with Crippen LogP contribution in [0, 0.1) is 0 Å². The topological polar surface area (TPSA) is 17.8 Å². The van der Waals surface area contributed by atoms with Gasteiger partial charge in [-0.05, 0) is 78.8 Å². The number of hydrogen-bond donors (Lipinski definition) is 0. The molecular weight excluding hydrogens is 544 g/mol. The molecule has 2 nitrogen and oxygen atoms in total. The Kier molecular flexibility index (Phi) is 3.71. The third kappa shape index (κ3) is 4.07. The highest BCUT2D eigenvalue weighted by molar-refractivity contribution is 6.23. The van der Waals surface area contributed by atoms with E-state index in [1.54, 1.807) is 22.8 Å². The number of nitrogens with zero attached hydrogens (tertiary/aromatic N) is 2. The van der Waals surface area contributed by atoms with Crippen LogP contribution in [0.5, 0.6) is 0 Å². The van der Waals surface area contributed by atoms with Crippen molar-refractivity contribution in [3.05, 3.63) is 170 Å². The maximum absolute atomic E-state index is 9.18. The van der Waals surface area contributed by atoms with Crippen LogP contribution in [0.2, 0.25) is 0 Å². The van der Waals surface area contributed by atoms with E-state index in [0.29, 0.717) is 38.8 Å². The molecule has 9 aromatic rings. The summed E-state index contributed by atoms with van der Waals surface area (Å²) in [6.45, 7) is 0. The molecule has 0 saturated heterocycles. The zero-order chi connectivity index (χ0) is 40.2. The fourth-order valence-electron chi connectivity index (χ4n) is 6.30. The average Bonchev–Trinajstić information content (AvgIpc) is 3.61. The molecule has 0 spiro atoms. The van der Waals surface area contributed by atoms with E-state index < -0.39 is 48.3 Å². The van der Waals surface area contributed by atoms with Gasteiger partial charge in [0.05, 0.1) is 27.5 Å². The lowest BCUT2D eigenvalue weighted by Gasteiger charge is -2.19. The highest BCUT2D eigenvalue weighted by Crippen LogP contribution is 2.45. The maximum atomic E-state index is 9.18. The third-order valence-corrected chi connectivity index (χ3v) is 8.20. The molecule has 9 rings (SSSR count). The normalized spacial score (nSPS) is 15.3. The zero-order valence-corrected chi connectivity index (χ0v) is 23.6. The van der Waals surface area contributed by atoms with Crippen molar-refractivity contribution in [3.8, 4) is 39.3 Å². The predicted octanol–water partition coefficient (Wildman–Crippen LogP) is 11.5. The number of benzene rings is 8. The molecule has 45 heavy (non-hydrogen) atoms. The molecule has 0 atom stereocenters. The van der Waals surface area contributed by atoms with Crippen LogP contribution in [-0.4, -0.2) is 9.55 Å². The summed E-state index contributed by atoms with van der Waals surface area (Å²) in [5.74, 6) is 0.384. The van der Waals surface area contributed by atoms with Crippen LogP contribution >= 0.6 is 0 Å². The second-order valence-corrected chi connectivity index (χ2v) is 10.7. The van der Waals surface area contributed by atoms with Gasteiger partial charge in [-0.25, -0.2) is 4.98 Å². The van der Waals surface area contributed by atoms with Gasteiger partial charge < -0.3 is 0 Å². The molecule has 0 amide bonds. The van der Waals surface area contributed by atoms with Gasteiger partial charge in [0.25, 0.3) is 0 Å². The number of hydrogen-bond acceptors (Lipinski definition) is 1. The van der Waals surface area contributed by atoms with E-state index in [2.05, 4.69) is 0 Å². The second kappa shape index (κ2) is 10.3. The van der Waals surface area contributed by atoms with Crippen LogP contribution in [-0.2, 0) is 0 Å². The largest absolute Gasteiger partial charge is 0.292 e. The van der Waals surface area contributed by atoms with Gasteiger partial charge in [-0.15, -0.1) is 0 Å². The number of rotatable bonds is 4. The standard InChI is InChI=1S/C43H28N2/c1-2-15-32(16-3-1)45-40-24-11-10-23-39(40)44-43(45)31-27-25-30(26-28-31)41-35-18-6-8-20-37(35)42(38-21-9-7-19-36(38)41)34-22-12-14-29-13-4-5-17-33(29)34/h1-28H/i1D,2D,3D,4D,5D,12D,13D,14D,15D,16D,17D,22D. The summed E-state index contributed by atoms with van der Waals surface area (Å²) in [5.41, 5.74) is 4.09. The van der Waals surface area contributed by atoms with Crippen molar-refractivity contribution < 1.29 is 16.4 Å². The Hall–Kier alpha value is -5.99. The summed E-state index contributed by atoms with van der Waals surface area (Å²) < 4.78 is 105. The lowest BCUT2D eigenvalue weighted by molar-refractivity contribution is 1.10. The van der Waals surface area contributed by atoms with Gasteiger partial charge in [0.1, 0.15) is 5.82 Å². The molecule has 210 valence electrons. The number of fused-ring (bicyclic) bond motifs is 4. The first-order valence-electron chi connectivity index (χ1n) is 20.4. The zero-order valence-electron chi connectivity index (χ0n) is 35.6. The van der Waals surface area contributed by atoms with Crippen LogP contribution in [0.4, 0.5) is 0 Å². The number of aromatic nitrogens is 2. The van der Waals surface area contributed by atoms with Gasteiger partial charge >= 0.3 is 0 Å². The summed E-state index contributed by atoms with van der Waals surface area (Å²) in [7, 11) is 0. The molecular formula is C43H28N2. The van der Waals surface area contributed by atoms with Gasteiger partial charge in [0.15, 0.2) is 0 Å². The van der Waals surface area contributed by atoms with E-state index in [-0.39, 0.29) is 46.2 Å². The van der Waals surface area contributed by atoms with E-state index >= 15 is 0 Å². The molecule has 0 N–H and O–H groups in total. The molecule has 0 saturated carbocycles. The summed E-state index contributed by atoms with van der Waals surface area (Å²) >= 11 is 0. The smallest absolute Gasteiger partial charge is 0.145 e. The van der Waals surface area contributed by atoms with Crippen molar-refractivity contribution in [1.82, 2.24) is 9.55 Å². The minimum atomic E-state index is -0.513. The van der Waals surface area contributed by atoms with Crippen molar-refractivity contribution in [2.75, 3.05) is 0 Å². The highest BCUT2D eigenvalue weighted by Gasteiger charge is 2.19. The van der Waals surface area contributed by atoms with E-state index in [4.69, 9.17) is 20.1 Å². The van der Waals surface area contributed by atoms with Crippen LogP contribution in [0.25, 0.3) is 82.7 Å². The summed E-state index contributed by atoms with van der Waals surface area (Å²) in [5, 5.41) is 2.82. The van der Waals surface area contributed by atoms with Crippen LogP contribution in [0.3, 0.4) is 0 Å². The quantitative estimate of drug-likeness (QED) is 0.188. The van der Waals surface area contributed by atoms with Crippen molar-refractivity contribution in [3.63, 3.8) is 0 Å². The van der Waals surface area contributed by atoms with Gasteiger partial charge in [-0.1, -0.05) is 145 Å². The minimum absolute atomic E-state index is 0.0122. The van der Waals surface area contributed by atoms with Gasteiger partial charge in [0, 0.05) is 11.3 Å². The molecule has 0 fully saturated rings. The number of para-hydroxylation sites is 3. The Bertz CT molecular complexity index is 3120. The predicted molar refractivity (Wildman–Crippen MR) is 190 cm³/mol. The summed E-state index contributed by atoms with van der Waals surface area (Å²) in [6, 6.07) is 24.8. The molecule has 2 heteroatoms. The summed E-state index contributed by atoms with van der Waals surface area (Å²) in [4.78, 5) is 4.87. The van der Waals surface area contributed by atoms with Crippen molar-refractivity contribution in [2.24, 2.45) is 0 Å². The minimum Gasteiger partial charge on any atom is -0.292 e. The van der Waals surface area contributed by atoms with Crippen molar-refractivity contribution in [2.45, 2.75) is 0 Å². The first-order chi connectivity index (χ1) is 27.3. The molecule has 1 aromatic heterocycles. The Labute approximate surface area is 278 Å². The van der Waals surface area contributed by atoms with Gasteiger partial charge in [0.2, 0.25) is 0 Å². The molecule has 0 aliphatic rings. The third-order valence-electron chi connectivity index (χ3n) is 8.20. The van der Waals surface area contributed by atoms with Gasteiger partial charge in [-0.2, -0.15) is 0 Å². The van der Waals surface area contributed by atoms with E-state index in [0.717, 1.165) is 21.9 Å². The van der Waals surface area contributed by atoms with E-state index in [1.807, 2.05) is 78.9 Å². The lowest BCUT2D eigenvalue weighted by Crippen LogP contribution is -1.97.